The summed E-state index contributed by atoms with van der Waals surface area (Å²) in [6.45, 7) is 39.6. The number of rotatable bonds is 64. The fraction of sp³-hybridized carbons (Fsp3) is 0.800. The lowest BCUT2D eigenvalue weighted by Gasteiger charge is -2.23. The molecule has 0 spiro atoms. The number of aliphatic hydroxyl groups is 16. The van der Waals surface area contributed by atoms with Crippen LogP contribution >= 0.6 is 0 Å². The summed E-state index contributed by atoms with van der Waals surface area (Å²) in [6.07, 6.45) is 15.3. The third kappa shape index (κ3) is 73.9. The molecule has 0 aliphatic heterocycles. The molecule has 0 saturated carbocycles. The number of allylic oxidation sites excluding steroid dienone is 8. The molecule has 0 saturated heterocycles. The van der Waals surface area contributed by atoms with Crippen molar-refractivity contribution in [1.29, 1.82) is 0 Å². The van der Waals surface area contributed by atoms with Crippen LogP contribution in [0.25, 0.3) is 0 Å². The van der Waals surface area contributed by atoms with Gasteiger partial charge in [0.15, 0.2) is 0 Å². The molecule has 0 aromatic heterocycles. The minimum atomic E-state index is -3.61. The second-order valence-electron chi connectivity index (χ2n) is 31.8. The molecule has 0 aliphatic carbocycles. The molecule has 24 atom stereocenters. The van der Waals surface area contributed by atoms with Crippen molar-refractivity contribution in [3.8, 4) is 0 Å². The first-order valence-corrected chi connectivity index (χ1v) is 54.8. The van der Waals surface area contributed by atoms with E-state index in [1.165, 1.54) is 55.4 Å². The van der Waals surface area contributed by atoms with Crippen molar-refractivity contribution in [2.75, 3.05) is 52.9 Å². The molecule has 0 aromatic rings. The van der Waals surface area contributed by atoms with E-state index in [0.29, 0.717) is 103 Å². The maximum Gasteiger partial charge on any atom is 0.211 e. The molecule has 0 rings (SSSR count). The van der Waals surface area contributed by atoms with Crippen molar-refractivity contribution in [3.63, 3.8) is 0 Å². The van der Waals surface area contributed by atoms with Gasteiger partial charge in [-0.05, 0) is 257 Å². The van der Waals surface area contributed by atoms with Gasteiger partial charge in [-0.3, -0.25) is 0 Å². The van der Waals surface area contributed by atoms with Gasteiger partial charge in [-0.25, -0.2) is 108 Å². The minimum Gasteiger partial charge on any atom is -0.396 e. The predicted molar refractivity (Wildman–Crippen MR) is 506 cm³/mol. The molecule has 128 heavy (non-hydrogen) atoms. The summed E-state index contributed by atoms with van der Waals surface area (Å²) in [6, 6.07) is 0. The summed E-state index contributed by atoms with van der Waals surface area (Å²) in [4.78, 5) is 0. The SMILES string of the molecule is C=CC[C@@H](C[C@@H](O)CCO)[C@@H](C)S(N)(=O)=O.C=CC[C@@H](C[C@@H](O)CCO)[C@H](C)S(N)(=O)=O.C=CC[C@@H](C[C@H](O)CCO)[C@@H](C)S(N)(=O)=O.C=CC[C@@H](C[C@H](O)CCO)[C@H](C)S(N)(=O)=O.C=CC[C@H](C[C@@H](O)CCO)[C@@H](C)S(N)(=O)=O.C=CC[C@H](C[C@@H](O)CCO)[C@H](C)S(N)(=O)=O.C=CC[C@H](C[C@H](O)CCO)[C@@H](C)S(N)(=O)=O.C=CC[C@H](C[C@H](O)CCO)[C@H](C)S(N)(=O)=O. The van der Waals surface area contributed by atoms with Gasteiger partial charge in [-0.15, -0.1) is 52.6 Å². The van der Waals surface area contributed by atoms with Crippen LogP contribution in [-0.2, 0) is 80.2 Å². The van der Waals surface area contributed by atoms with Crippen molar-refractivity contribution >= 4 is 80.2 Å². The molecular weight excluding hydrogens is 1840 g/mol. The highest BCUT2D eigenvalue weighted by atomic mass is 32.2. The Morgan fingerprint density at radius 2 is 0.258 bits per heavy atom. The van der Waals surface area contributed by atoms with E-state index in [4.69, 9.17) is 82.0 Å². The summed E-state index contributed by atoms with van der Waals surface area (Å²) in [7, 11) is -28.8. The number of nitrogens with two attached hydrogens (primary N) is 8. The minimum absolute atomic E-state index is 0.119. The van der Waals surface area contributed by atoms with Crippen molar-refractivity contribution in [1.82, 2.24) is 0 Å². The van der Waals surface area contributed by atoms with Crippen LogP contribution in [0.5, 0.6) is 0 Å². The molecule has 0 fully saturated rings. The summed E-state index contributed by atoms with van der Waals surface area (Å²) in [5.41, 5.74) is 0. The maximum absolute atomic E-state index is 11.2. The van der Waals surface area contributed by atoms with Gasteiger partial charge in [0.05, 0.1) is 90.8 Å². The van der Waals surface area contributed by atoms with E-state index < -0.39 is 171 Å². The van der Waals surface area contributed by atoms with Crippen LogP contribution in [-0.4, -0.2) is 293 Å². The highest BCUT2D eigenvalue weighted by molar-refractivity contribution is 7.91. The summed E-state index contributed by atoms with van der Waals surface area (Å²) in [5, 5.41) is 180. The number of primary sulfonamides is 8. The topological polar surface area (TPSA) is 805 Å². The lowest BCUT2D eigenvalue weighted by atomic mass is 9.94. The largest absolute Gasteiger partial charge is 0.396 e. The Hall–Kier alpha value is -3.44. The second kappa shape index (κ2) is 75.7. The van der Waals surface area contributed by atoms with Crippen molar-refractivity contribution in [2.45, 2.75) is 300 Å². The Balaban J connectivity index is -0.000000214. The zero-order valence-corrected chi connectivity index (χ0v) is 82.9. The van der Waals surface area contributed by atoms with Gasteiger partial charge >= 0.3 is 0 Å². The van der Waals surface area contributed by atoms with Crippen molar-refractivity contribution in [3.05, 3.63) is 101 Å². The molecule has 0 radical (unpaired) electrons. The molecule has 768 valence electrons. The quantitative estimate of drug-likeness (QED) is 0.0354. The number of aliphatic hydroxyl groups excluding tert-OH is 16. The Morgan fingerprint density at radius 1 is 0.188 bits per heavy atom. The van der Waals surface area contributed by atoms with Crippen molar-refractivity contribution in [2.24, 2.45) is 88.5 Å². The zero-order valence-electron chi connectivity index (χ0n) is 76.3. The molecule has 0 amide bonds. The summed E-state index contributed by atoms with van der Waals surface area (Å²) in [5.74, 6) is -2.16. The Kier molecular flexibility index (Phi) is 82.8. The second-order valence-corrected chi connectivity index (χ2v) is 47.2. The van der Waals surface area contributed by atoms with Crippen LogP contribution < -0.4 is 41.1 Å². The average molecular weight is 2010 g/mol. The first-order valence-electron chi connectivity index (χ1n) is 41.9. The normalized spacial score (nSPS) is 17.8. The lowest BCUT2D eigenvalue weighted by molar-refractivity contribution is 0.107. The highest BCUT2D eigenvalue weighted by Gasteiger charge is 2.35. The average Bonchev–Trinajstić information content (AvgIpc) is 0.914. The van der Waals surface area contributed by atoms with E-state index in [1.807, 2.05) is 0 Å². The van der Waals surface area contributed by atoms with Gasteiger partial charge in [0.25, 0.3) is 0 Å². The van der Waals surface area contributed by atoms with Crippen LogP contribution in [0.2, 0.25) is 0 Å². The Morgan fingerprint density at radius 3 is 0.305 bits per heavy atom. The molecule has 40 nitrogen and oxygen atoms in total. The Labute approximate surface area is 767 Å². The zero-order chi connectivity index (χ0) is 102. The molecule has 0 aliphatic rings. The fourth-order valence-electron chi connectivity index (χ4n) is 12.6. The molecule has 0 bridgehead atoms. The van der Waals surface area contributed by atoms with Gasteiger partial charge < -0.3 is 81.7 Å². The predicted octanol–water partition coefficient (Wildman–Crippen LogP) is -0.0872. The Bertz CT molecular complexity index is 3160. The molecule has 0 unspecified atom stereocenters. The third-order valence-electron chi connectivity index (χ3n) is 21.5. The van der Waals surface area contributed by atoms with Gasteiger partial charge in [0, 0.05) is 52.9 Å². The summed E-state index contributed by atoms with van der Waals surface area (Å²) < 4.78 is 179. The maximum atomic E-state index is 11.2. The lowest BCUT2D eigenvalue weighted by Crippen LogP contribution is -2.34. The molecule has 0 aromatic carbocycles. The van der Waals surface area contributed by atoms with E-state index in [2.05, 4.69) is 52.6 Å². The van der Waals surface area contributed by atoms with Crippen LogP contribution in [0.4, 0.5) is 0 Å². The van der Waals surface area contributed by atoms with Crippen LogP contribution in [0.3, 0.4) is 0 Å². The van der Waals surface area contributed by atoms with Gasteiger partial charge in [0.2, 0.25) is 80.2 Å². The smallest absolute Gasteiger partial charge is 0.211 e. The van der Waals surface area contributed by atoms with E-state index >= 15 is 0 Å². The third-order valence-corrected chi connectivity index (χ3v) is 32.9. The van der Waals surface area contributed by atoms with Crippen LogP contribution in [0, 0.1) is 47.3 Å². The molecule has 32 N–H and O–H groups in total. The van der Waals surface area contributed by atoms with Gasteiger partial charge in [0.1, 0.15) is 0 Å². The van der Waals surface area contributed by atoms with Crippen LogP contribution in [0.15, 0.2) is 101 Å². The number of hydrogen-bond donors (Lipinski definition) is 24. The molecular formula is C80H168N8O32S8. The van der Waals surface area contributed by atoms with E-state index in [0.717, 1.165) is 0 Å². The first-order chi connectivity index (χ1) is 58.6. The first kappa shape index (κ1) is 140. The standard InChI is InChI=1S/8C10H21NO4S/c8*1-3-4-9(7-10(13)5-6-12)8(2)16(11,14)15/h8*3,8-10,12-13H,1,4-7H2,2H3,(H2,11,14,15)/t2*8-,9+,10+;2*8-,9+,10-;2*8-,9-,10+;2*8-,9-,10-/m10101010/s1. The van der Waals surface area contributed by atoms with Gasteiger partial charge in [-0.2, -0.15) is 0 Å². The molecule has 48 heteroatoms. The molecule has 0 heterocycles. The number of hydrogen-bond acceptors (Lipinski definition) is 32. The monoisotopic (exact) mass is 2010 g/mol. The van der Waals surface area contributed by atoms with Crippen molar-refractivity contribution < 1.29 is 149 Å². The van der Waals surface area contributed by atoms with E-state index in [-0.39, 0.29) is 152 Å². The van der Waals surface area contributed by atoms with E-state index in [1.54, 1.807) is 48.6 Å². The van der Waals surface area contributed by atoms with E-state index in [9.17, 15) is 108 Å². The fourth-order valence-corrected chi connectivity index (χ4v) is 18.7. The summed E-state index contributed by atoms with van der Waals surface area (Å²) >= 11 is 0. The van der Waals surface area contributed by atoms with Crippen LogP contribution in [0.1, 0.15) is 209 Å². The number of sulfonamides is 8. The van der Waals surface area contributed by atoms with Gasteiger partial charge in [-0.1, -0.05) is 48.6 Å². The highest BCUT2D eigenvalue weighted by Crippen LogP contribution is 2.29.